The second-order valence-electron chi connectivity index (χ2n) is 6.67. The van der Waals surface area contributed by atoms with Crippen LogP contribution in [0.15, 0.2) is 47.7 Å². The number of nitrogens with zero attached hydrogens (tertiary/aromatic N) is 4. The number of guanidine groups is 1. The molecule has 0 saturated heterocycles. The van der Waals surface area contributed by atoms with Crippen LogP contribution in [0.1, 0.15) is 31.9 Å². The van der Waals surface area contributed by atoms with Gasteiger partial charge < -0.3 is 15.5 Å². The smallest absolute Gasteiger partial charge is 0.191 e. The molecule has 2 rings (SSSR count). The van der Waals surface area contributed by atoms with Gasteiger partial charge in [-0.2, -0.15) is 5.10 Å². The molecule has 0 radical (unpaired) electrons. The number of halogens is 1. The first kappa shape index (κ1) is 23.4. The van der Waals surface area contributed by atoms with E-state index in [0.29, 0.717) is 12.6 Å². The molecule has 6 nitrogen and oxygen atoms in total. The molecular formula is C20H33IN6. The molecule has 0 aliphatic heterocycles. The SMILES string of the molecule is CCNC(=NCc1ccccc1Cn1cccn1)NCCN(C)C(C)C.I. The van der Waals surface area contributed by atoms with Crippen LogP contribution in [0.3, 0.4) is 0 Å². The quantitative estimate of drug-likeness (QED) is 0.327. The summed E-state index contributed by atoms with van der Waals surface area (Å²) in [7, 11) is 2.14. The Balaban J connectivity index is 0.00000364. The molecule has 0 fully saturated rings. The zero-order valence-corrected chi connectivity index (χ0v) is 19.2. The molecule has 0 unspecified atom stereocenters. The van der Waals surface area contributed by atoms with Gasteiger partial charge in [-0.3, -0.25) is 4.68 Å². The lowest BCUT2D eigenvalue weighted by atomic mass is 10.1. The second kappa shape index (κ2) is 12.7. The second-order valence-corrected chi connectivity index (χ2v) is 6.67. The van der Waals surface area contributed by atoms with Crippen molar-refractivity contribution in [3.05, 3.63) is 53.9 Å². The standard InChI is InChI=1S/C20H32N6.HI/c1-5-21-20(22-12-14-25(4)17(2)3)23-15-18-9-6-7-10-19(18)16-26-13-8-11-24-26;/h6-11,13,17H,5,12,14-16H2,1-4H3,(H2,21,22,23);1H. The topological polar surface area (TPSA) is 57.5 Å². The highest BCUT2D eigenvalue weighted by atomic mass is 127. The third-order valence-electron chi connectivity index (χ3n) is 4.40. The maximum absolute atomic E-state index is 4.76. The van der Waals surface area contributed by atoms with Crippen molar-refractivity contribution < 1.29 is 0 Å². The number of aliphatic imine (C=N–C) groups is 1. The van der Waals surface area contributed by atoms with Crippen molar-refractivity contribution >= 4 is 29.9 Å². The molecule has 7 heteroatoms. The molecule has 1 aromatic heterocycles. The Morgan fingerprint density at radius 1 is 1.19 bits per heavy atom. The van der Waals surface area contributed by atoms with Gasteiger partial charge >= 0.3 is 0 Å². The Morgan fingerprint density at radius 2 is 1.93 bits per heavy atom. The van der Waals surface area contributed by atoms with Crippen LogP contribution in [0.4, 0.5) is 0 Å². The van der Waals surface area contributed by atoms with Gasteiger partial charge in [0, 0.05) is 38.1 Å². The summed E-state index contributed by atoms with van der Waals surface area (Å²) in [5.41, 5.74) is 2.47. The zero-order chi connectivity index (χ0) is 18.8. The van der Waals surface area contributed by atoms with Crippen molar-refractivity contribution in [3.63, 3.8) is 0 Å². The lowest BCUT2D eigenvalue weighted by Crippen LogP contribution is -2.42. The molecule has 0 aliphatic rings. The summed E-state index contributed by atoms with van der Waals surface area (Å²) in [6.07, 6.45) is 3.79. The van der Waals surface area contributed by atoms with E-state index in [4.69, 9.17) is 4.99 Å². The fraction of sp³-hybridized carbons (Fsp3) is 0.500. The van der Waals surface area contributed by atoms with Gasteiger partial charge in [0.1, 0.15) is 0 Å². The summed E-state index contributed by atoms with van der Waals surface area (Å²) in [5, 5.41) is 11.0. The maximum Gasteiger partial charge on any atom is 0.191 e. The van der Waals surface area contributed by atoms with E-state index in [9.17, 15) is 0 Å². The molecule has 27 heavy (non-hydrogen) atoms. The number of rotatable bonds is 9. The van der Waals surface area contributed by atoms with Crippen LogP contribution < -0.4 is 10.6 Å². The monoisotopic (exact) mass is 484 g/mol. The minimum Gasteiger partial charge on any atom is -0.357 e. The van der Waals surface area contributed by atoms with Gasteiger partial charge in [0.15, 0.2) is 5.96 Å². The highest BCUT2D eigenvalue weighted by Gasteiger charge is 2.05. The van der Waals surface area contributed by atoms with E-state index < -0.39 is 0 Å². The van der Waals surface area contributed by atoms with E-state index in [0.717, 1.165) is 32.1 Å². The molecule has 0 amide bonds. The van der Waals surface area contributed by atoms with Crippen LogP contribution in [0.2, 0.25) is 0 Å². The van der Waals surface area contributed by atoms with Crippen LogP contribution in [0, 0.1) is 0 Å². The summed E-state index contributed by atoms with van der Waals surface area (Å²) in [6, 6.07) is 10.9. The molecule has 0 spiro atoms. The Morgan fingerprint density at radius 3 is 2.56 bits per heavy atom. The summed E-state index contributed by atoms with van der Waals surface area (Å²) in [6.45, 7) is 10.6. The van der Waals surface area contributed by atoms with Crippen molar-refractivity contribution in [2.24, 2.45) is 4.99 Å². The third-order valence-corrected chi connectivity index (χ3v) is 4.40. The van der Waals surface area contributed by atoms with Crippen LogP contribution in [-0.4, -0.2) is 53.4 Å². The molecule has 150 valence electrons. The summed E-state index contributed by atoms with van der Waals surface area (Å²) < 4.78 is 1.94. The normalized spacial score (nSPS) is 11.6. The van der Waals surface area contributed by atoms with Gasteiger partial charge in [0.2, 0.25) is 0 Å². The minimum atomic E-state index is 0. The predicted molar refractivity (Wildman–Crippen MR) is 124 cm³/mol. The molecule has 1 aromatic carbocycles. The molecule has 0 atom stereocenters. The van der Waals surface area contributed by atoms with Gasteiger partial charge in [0.05, 0.1) is 13.1 Å². The Hall–Kier alpha value is -1.61. The van der Waals surface area contributed by atoms with E-state index in [1.54, 1.807) is 0 Å². The largest absolute Gasteiger partial charge is 0.357 e. The van der Waals surface area contributed by atoms with Crippen molar-refractivity contribution in [2.45, 2.75) is 39.9 Å². The van der Waals surface area contributed by atoms with Crippen molar-refractivity contribution in [3.8, 4) is 0 Å². The molecule has 2 N–H and O–H groups in total. The third kappa shape index (κ3) is 8.30. The molecule has 0 bridgehead atoms. The Bertz CT molecular complexity index is 669. The fourth-order valence-electron chi connectivity index (χ4n) is 2.55. The lowest BCUT2D eigenvalue weighted by Gasteiger charge is -2.21. The summed E-state index contributed by atoms with van der Waals surface area (Å²) >= 11 is 0. The first-order valence-electron chi connectivity index (χ1n) is 9.36. The molecule has 2 aromatic rings. The number of aromatic nitrogens is 2. The average Bonchev–Trinajstić information content (AvgIpc) is 3.13. The Kier molecular flexibility index (Phi) is 11.0. The fourth-order valence-corrected chi connectivity index (χ4v) is 2.55. The zero-order valence-electron chi connectivity index (χ0n) is 16.9. The van der Waals surface area contributed by atoms with Gasteiger partial charge in [-0.1, -0.05) is 24.3 Å². The number of hydrogen-bond donors (Lipinski definition) is 2. The first-order valence-corrected chi connectivity index (χ1v) is 9.36. The van der Waals surface area contributed by atoms with Crippen molar-refractivity contribution in [1.82, 2.24) is 25.3 Å². The molecule has 0 saturated carbocycles. The predicted octanol–water partition coefficient (Wildman–Crippen LogP) is 2.94. The van der Waals surface area contributed by atoms with Crippen LogP contribution in [-0.2, 0) is 13.1 Å². The van der Waals surface area contributed by atoms with Gasteiger partial charge in [-0.15, -0.1) is 24.0 Å². The number of likely N-dealkylation sites (N-methyl/N-ethyl adjacent to an activating group) is 1. The van der Waals surface area contributed by atoms with Gasteiger partial charge in [-0.05, 0) is 45.0 Å². The highest BCUT2D eigenvalue weighted by Crippen LogP contribution is 2.11. The number of benzene rings is 1. The van der Waals surface area contributed by atoms with E-state index in [2.05, 4.69) is 72.7 Å². The van der Waals surface area contributed by atoms with Crippen molar-refractivity contribution in [1.29, 1.82) is 0 Å². The average molecular weight is 484 g/mol. The number of hydrogen-bond acceptors (Lipinski definition) is 3. The van der Waals surface area contributed by atoms with Gasteiger partial charge in [-0.25, -0.2) is 4.99 Å². The molecule has 1 heterocycles. The lowest BCUT2D eigenvalue weighted by molar-refractivity contribution is 0.278. The first-order chi connectivity index (χ1) is 12.6. The van der Waals surface area contributed by atoms with E-state index >= 15 is 0 Å². The van der Waals surface area contributed by atoms with E-state index in [1.165, 1.54) is 11.1 Å². The van der Waals surface area contributed by atoms with Crippen LogP contribution >= 0.6 is 24.0 Å². The van der Waals surface area contributed by atoms with E-state index in [1.807, 2.05) is 23.1 Å². The van der Waals surface area contributed by atoms with Crippen LogP contribution in [0.25, 0.3) is 0 Å². The Labute approximate surface area is 180 Å². The van der Waals surface area contributed by atoms with Crippen LogP contribution in [0.5, 0.6) is 0 Å². The molecular weight excluding hydrogens is 451 g/mol. The molecule has 0 aliphatic carbocycles. The number of nitrogens with one attached hydrogen (secondary N) is 2. The summed E-state index contributed by atoms with van der Waals surface area (Å²) in [5.74, 6) is 0.860. The van der Waals surface area contributed by atoms with Gasteiger partial charge in [0.25, 0.3) is 0 Å². The summed E-state index contributed by atoms with van der Waals surface area (Å²) in [4.78, 5) is 7.08. The highest BCUT2D eigenvalue weighted by molar-refractivity contribution is 14.0. The maximum atomic E-state index is 4.76. The van der Waals surface area contributed by atoms with Crippen molar-refractivity contribution in [2.75, 3.05) is 26.7 Å². The minimum absolute atomic E-state index is 0. The van der Waals surface area contributed by atoms with E-state index in [-0.39, 0.29) is 24.0 Å².